The maximum atomic E-state index is 2.31. The summed E-state index contributed by atoms with van der Waals surface area (Å²) < 4.78 is 0. The van der Waals surface area contributed by atoms with E-state index in [1.54, 1.807) is 0 Å². The molecule has 0 bridgehead atoms. The summed E-state index contributed by atoms with van der Waals surface area (Å²) in [6.07, 6.45) is 0. The van der Waals surface area contributed by atoms with Crippen LogP contribution in [-0.4, -0.2) is 0 Å². The molecule has 0 atom stereocenters. The van der Waals surface area contributed by atoms with E-state index in [4.69, 9.17) is 0 Å². The van der Waals surface area contributed by atoms with Gasteiger partial charge in [-0.05, 0) is 76.5 Å². The van der Waals surface area contributed by atoms with E-state index in [9.17, 15) is 0 Å². The van der Waals surface area contributed by atoms with E-state index >= 15 is 0 Å². The minimum absolute atomic E-state index is 1.23. The molecule has 0 nitrogen and oxygen atoms in total. The molecule has 0 saturated carbocycles. The standard InChI is InChI=1S/C40H26/c1-2-11-27(12-3-1)32-25-26-36-31-16-7-5-14-29(31)22-24-39(36)40(32)38-18-9-8-17-35(38)34-20-10-19-33-30-15-6-4-13-28(30)21-23-37(33)34/h1-26H. The van der Waals surface area contributed by atoms with Crippen LogP contribution in [0.3, 0.4) is 0 Å². The van der Waals surface area contributed by atoms with Crippen LogP contribution in [0.1, 0.15) is 0 Å². The van der Waals surface area contributed by atoms with E-state index in [0.717, 1.165) is 0 Å². The molecule has 0 saturated heterocycles. The molecule has 0 unspecified atom stereocenters. The molecule has 8 rings (SSSR count). The Morgan fingerprint density at radius 1 is 0.225 bits per heavy atom. The van der Waals surface area contributed by atoms with Gasteiger partial charge in [-0.3, -0.25) is 0 Å². The van der Waals surface area contributed by atoms with Gasteiger partial charge in [0, 0.05) is 0 Å². The fourth-order valence-corrected chi connectivity index (χ4v) is 6.45. The Bertz CT molecular complexity index is 2200. The fraction of sp³-hybridized carbons (Fsp3) is 0. The van der Waals surface area contributed by atoms with Crippen molar-refractivity contribution in [2.75, 3.05) is 0 Å². The predicted molar refractivity (Wildman–Crippen MR) is 173 cm³/mol. The Hall–Kier alpha value is -5.20. The zero-order chi connectivity index (χ0) is 26.5. The van der Waals surface area contributed by atoms with Gasteiger partial charge in [0.2, 0.25) is 0 Å². The van der Waals surface area contributed by atoms with E-state index in [1.165, 1.54) is 76.5 Å². The van der Waals surface area contributed by atoms with Crippen molar-refractivity contribution in [3.63, 3.8) is 0 Å². The van der Waals surface area contributed by atoms with Gasteiger partial charge in [0.1, 0.15) is 0 Å². The van der Waals surface area contributed by atoms with Gasteiger partial charge in [0.25, 0.3) is 0 Å². The quantitative estimate of drug-likeness (QED) is 0.209. The van der Waals surface area contributed by atoms with Gasteiger partial charge >= 0.3 is 0 Å². The molecule has 0 heterocycles. The average Bonchev–Trinajstić information content (AvgIpc) is 3.04. The van der Waals surface area contributed by atoms with Crippen LogP contribution in [0.4, 0.5) is 0 Å². The van der Waals surface area contributed by atoms with E-state index in [2.05, 4.69) is 158 Å². The monoisotopic (exact) mass is 506 g/mol. The molecule has 0 aliphatic rings. The molecule has 0 aliphatic carbocycles. The lowest BCUT2D eigenvalue weighted by atomic mass is 9.84. The number of benzene rings is 8. The van der Waals surface area contributed by atoms with Crippen molar-refractivity contribution in [2.24, 2.45) is 0 Å². The zero-order valence-electron chi connectivity index (χ0n) is 22.0. The molecule has 0 aromatic heterocycles. The summed E-state index contributed by atoms with van der Waals surface area (Å²) >= 11 is 0. The van der Waals surface area contributed by atoms with Crippen molar-refractivity contribution in [3.05, 3.63) is 158 Å². The first-order valence-corrected chi connectivity index (χ1v) is 13.9. The zero-order valence-corrected chi connectivity index (χ0v) is 22.0. The van der Waals surface area contributed by atoms with Crippen LogP contribution in [0.25, 0.3) is 76.5 Å². The van der Waals surface area contributed by atoms with Gasteiger partial charge in [-0.2, -0.15) is 0 Å². The summed E-state index contributed by atoms with van der Waals surface area (Å²) in [5.41, 5.74) is 7.52. The normalized spacial score (nSPS) is 11.5. The number of rotatable bonds is 3. The molecule has 8 aromatic carbocycles. The Kier molecular flexibility index (Phi) is 5.24. The third kappa shape index (κ3) is 3.54. The average molecular weight is 507 g/mol. The largest absolute Gasteiger partial charge is 0.0622 e. The molecular weight excluding hydrogens is 480 g/mol. The highest BCUT2D eigenvalue weighted by atomic mass is 14.2. The molecule has 0 heteroatoms. The molecule has 0 amide bonds. The maximum Gasteiger partial charge on any atom is -0.00204 e. The second-order valence-electron chi connectivity index (χ2n) is 10.5. The summed E-state index contributed by atoms with van der Waals surface area (Å²) in [5.74, 6) is 0. The third-order valence-electron chi connectivity index (χ3n) is 8.28. The number of hydrogen-bond donors (Lipinski definition) is 0. The van der Waals surface area contributed by atoms with E-state index in [-0.39, 0.29) is 0 Å². The topological polar surface area (TPSA) is 0 Å². The first kappa shape index (κ1) is 22.8. The SMILES string of the molecule is c1ccc(-c2ccc3c(ccc4ccccc43)c2-c2ccccc2-c2cccc3c2ccc2ccccc23)cc1. The van der Waals surface area contributed by atoms with Crippen molar-refractivity contribution < 1.29 is 0 Å². The van der Waals surface area contributed by atoms with Crippen LogP contribution in [0, 0.1) is 0 Å². The van der Waals surface area contributed by atoms with Crippen LogP contribution < -0.4 is 0 Å². The lowest BCUT2D eigenvalue weighted by molar-refractivity contribution is 1.60. The minimum atomic E-state index is 1.23. The second kappa shape index (κ2) is 9.22. The number of fused-ring (bicyclic) bond motifs is 6. The Morgan fingerprint density at radius 3 is 1.50 bits per heavy atom. The highest BCUT2D eigenvalue weighted by molar-refractivity contribution is 6.18. The highest BCUT2D eigenvalue weighted by Crippen LogP contribution is 2.45. The van der Waals surface area contributed by atoms with Crippen LogP contribution in [-0.2, 0) is 0 Å². The Labute approximate surface area is 233 Å². The fourth-order valence-electron chi connectivity index (χ4n) is 6.45. The molecule has 40 heavy (non-hydrogen) atoms. The van der Waals surface area contributed by atoms with Gasteiger partial charge in [-0.15, -0.1) is 0 Å². The van der Waals surface area contributed by atoms with Gasteiger partial charge in [-0.1, -0.05) is 158 Å². The van der Waals surface area contributed by atoms with Crippen molar-refractivity contribution in [1.29, 1.82) is 0 Å². The van der Waals surface area contributed by atoms with E-state index in [1.807, 2.05) is 0 Å². The Balaban J connectivity index is 1.48. The summed E-state index contributed by atoms with van der Waals surface area (Å²) in [6, 6.07) is 57.6. The molecule has 186 valence electrons. The summed E-state index contributed by atoms with van der Waals surface area (Å²) in [7, 11) is 0. The van der Waals surface area contributed by atoms with E-state index in [0.29, 0.717) is 0 Å². The minimum Gasteiger partial charge on any atom is -0.0622 e. The van der Waals surface area contributed by atoms with Gasteiger partial charge in [0.05, 0.1) is 0 Å². The van der Waals surface area contributed by atoms with Crippen molar-refractivity contribution >= 4 is 43.1 Å². The predicted octanol–water partition coefficient (Wildman–Crippen LogP) is 11.3. The first-order chi connectivity index (χ1) is 19.9. The number of hydrogen-bond acceptors (Lipinski definition) is 0. The summed E-state index contributed by atoms with van der Waals surface area (Å²) in [6.45, 7) is 0. The molecule has 0 radical (unpaired) electrons. The van der Waals surface area contributed by atoms with Crippen LogP contribution in [0.2, 0.25) is 0 Å². The molecule has 0 aliphatic heterocycles. The van der Waals surface area contributed by atoms with E-state index < -0.39 is 0 Å². The molecule has 0 N–H and O–H groups in total. The Morgan fingerprint density at radius 2 is 0.750 bits per heavy atom. The smallest absolute Gasteiger partial charge is 0.00204 e. The molecule has 8 aromatic rings. The molecule has 0 spiro atoms. The maximum absolute atomic E-state index is 2.31. The highest BCUT2D eigenvalue weighted by Gasteiger charge is 2.18. The third-order valence-corrected chi connectivity index (χ3v) is 8.28. The van der Waals surface area contributed by atoms with Crippen molar-refractivity contribution in [3.8, 4) is 33.4 Å². The molecular formula is C40H26. The van der Waals surface area contributed by atoms with Crippen LogP contribution >= 0.6 is 0 Å². The van der Waals surface area contributed by atoms with Gasteiger partial charge in [0.15, 0.2) is 0 Å². The van der Waals surface area contributed by atoms with Crippen LogP contribution in [0.5, 0.6) is 0 Å². The lowest BCUT2D eigenvalue weighted by Gasteiger charge is -2.19. The molecule has 0 fully saturated rings. The van der Waals surface area contributed by atoms with Gasteiger partial charge < -0.3 is 0 Å². The summed E-state index contributed by atoms with van der Waals surface area (Å²) in [4.78, 5) is 0. The van der Waals surface area contributed by atoms with Crippen molar-refractivity contribution in [1.82, 2.24) is 0 Å². The summed E-state index contributed by atoms with van der Waals surface area (Å²) in [5, 5.41) is 10.2. The van der Waals surface area contributed by atoms with Crippen molar-refractivity contribution in [2.45, 2.75) is 0 Å². The van der Waals surface area contributed by atoms with Crippen LogP contribution in [0.15, 0.2) is 158 Å². The van der Waals surface area contributed by atoms with Gasteiger partial charge in [-0.25, -0.2) is 0 Å². The first-order valence-electron chi connectivity index (χ1n) is 13.9. The lowest BCUT2D eigenvalue weighted by Crippen LogP contribution is -1.92. The second-order valence-corrected chi connectivity index (χ2v) is 10.5.